The largest absolute Gasteiger partial charge is 0.496 e. The number of ether oxygens (including phenoxy) is 4. The van der Waals surface area contributed by atoms with Crippen molar-refractivity contribution >= 4 is 67.4 Å². The number of fused-ring (bicyclic) bond motifs is 8. The van der Waals surface area contributed by atoms with Crippen LogP contribution in [0.15, 0.2) is 48.5 Å². The van der Waals surface area contributed by atoms with Crippen molar-refractivity contribution < 1.29 is 38.1 Å². The van der Waals surface area contributed by atoms with E-state index in [-0.39, 0.29) is 51.4 Å². The van der Waals surface area contributed by atoms with Crippen molar-refractivity contribution in [2.45, 2.75) is 51.4 Å². The number of carbonyl (C=O) groups excluding carboxylic acids is 4. The highest BCUT2D eigenvalue weighted by Crippen LogP contribution is 2.40. The zero-order valence-corrected chi connectivity index (χ0v) is 32.1. The van der Waals surface area contributed by atoms with Crippen LogP contribution >= 0.6 is 46.4 Å². The first kappa shape index (κ1) is 39.1. The Morgan fingerprint density at radius 1 is 0.385 bits per heavy atom. The van der Waals surface area contributed by atoms with E-state index in [9.17, 15) is 19.2 Å². The van der Waals surface area contributed by atoms with E-state index < -0.39 is 21.0 Å². The van der Waals surface area contributed by atoms with Gasteiger partial charge < -0.3 is 18.9 Å². The Labute approximate surface area is 322 Å². The Balaban J connectivity index is 1.90. The predicted molar refractivity (Wildman–Crippen MR) is 201 cm³/mol. The number of hydrogen-bond donors (Lipinski definition) is 0. The fourth-order valence-electron chi connectivity index (χ4n) is 7.28. The van der Waals surface area contributed by atoms with E-state index in [4.69, 9.17) is 65.4 Å². The number of benzene rings is 4. The van der Waals surface area contributed by atoms with E-state index in [1.165, 1.54) is 0 Å². The summed E-state index contributed by atoms with van der Waals surface area (Å²) in [6, 6.07) is 15.0. The lowest BCUT2D eigenvalue weighted by Crippen LogP contribution is -2.10. The molecule has 0 atom stereocenters. The molecule has 8 nitrogen and oxygen atoms in total. The minimum absolute atomic E-state index is 0.0283. The van der Waals surface area contributed by atoms with Gasteiger partial charge in [0.2, 0.25) is 21.0 Å². The van der Waals surface area contributed by atoms with Crippen LogP contribution in [0, 0.1) is 0 Å². The monoisotopic (exact) mass is 784 g/mol. The van der Waals surface area contributed by atoms with Gasteiger partial charge in [-0.1, -0.05) is 48.5 Å². The van der Waals surface area contributed by atoms with E-state index in [2.05, 4.69) is 0 Å². The van der Waals surface area contributed by atoms with Gasteiger partial charge in [-0.3, -0.25) is 19.2 Å². The molecule has 1 aliphatic carbocycles. The van der Waals surface area contributed by atoms with Crippen LogP contribution in [0.2, 0.25) is 0 Å². The number of halogens is 4. The third-order valence-corrected chi connectivity index (χ3v) is 9.46. The van der Waals surface area contributed by atoms with Gasteiger partial charge in [-0.25, -0.2) is 0 Å². The SMILES string of the molecule is COc1c2cc(CC(=O)Cl)cc1Cc1cc(CC(=O)Cl)cc(c1OC)Cc1cc(CC(=O)Cl)cc(c1OC)Cc1cc(CC(=O)Cl)cc(c1OC)C2. The van der Waals surface area contributed by atoms with Gasteiger partial charge in [-0.05, 0) is 113 Å². The summed E-state index contributed by atoms with van der Waals surface area (Å²) in [5.74, 6) is 2.30. The molecule has 8 bridgehead atoms. The molecular formula is C40H36Cl4O8. The summed E-state index contributed by atoms with van der Waals surface area (Å²) in [6.45, 7) is 0. The summed E-state index contributed by atoms with van der Waals surface area (Å²) in [4.78, 5) is 48.8. The second-order valence-electron chi connectivity index (χ2n) is 12.6. The molecule has 4 aromatic rings. The molecule has 0 fully saturated rings. The Hall–Kier alpha value is -4.08. The lowest BCUT2D eigenvalue weighted by Gasteiger charge is -2.23. The smallest absolute Gasteiger partial charge is 0.226 e. The molecule has 272 valence electrons. The van der Waals surface area contributed by atoms with Gasteiger partial charge in [0.05, 0.1) is 28.4 Å². The molecule has 52 heavy (non-hydrogen) atoms. The molecular weight excluding hydrogens is 750 g/mol. The van der Waals surface area contributed by atoms with Crippen molar-refractivity contribution in [3.8, 4) is 23.0 Å². The summed E-state index contributed by atoms with van der Waals surface area (Å²) < 4.78 is 24.3. The Kier molecular flexibility index (Phi) is 12.9. The van der Waals surface area contributed by atoms with Crippen LogP contribution in [-0.4, -0.2) is 49.4 Å². The highest BCUT2D eigenvalue weighted by molar-refractivity contribution is 6.64. The second-order valence-corrected chi connectivity index (χ2v) is 14.3. The van der Waals surface area contributed by atoms with Gasteiger partial charge in [-0.2, -0.15) is 0 Å². The molecule has 12 heteroatoms. The first-order valence-electron chi connectivity index (χ1n) is 16.3. The summed E-state index contributed by atoms with van der Waals surface area (Å²) >= 11 is 23.6. The first-order valence-corrected chi connectivity index (χ1v) is 17.8. The summed E-state index contributed by atoms with van der Waals surface area (Å²) in [5.41, 5.74) is 8.63. The fourth-order valence-corrected chi connectivity index (χ4v) is 7.89. The van der Waals surface area contributed by atoms with Crippen molar-refractivity contribution in [3.63, 3.8) is 0 Å². The summed E-state index contributed by atoms with van der Waals surface area (Å²) in [7, 11) is 6.30. The molecule has 0 radical (unpaired) electrons. The van der Waals surface area contributed by atoms with Gasteiger partial charge in [0.1, 0.15) is 23.0 Å². The van der Waals surface area contributed by atoms with Crippen LogP contribution in [0.1, 0.15) is 66.8 Å². The average molecular weight is 787 g/mol. The fraction of sp³-hybridized carbons (Fsp3) is 0.300. The van der Waals surface area contributed by atoms with Crippen molar-refractivity contribution in [2.24, 2.45) is 0 Å². The maximum Gasteiger partial charge on any atom is 0.226 e. The lowest BCUT2D eigenvalue weighted by molar-refractivity contribution is -0.111. The Morgan fingerprint density at radius 2 is 0.538 bits per heavy atom. The normalized spacial score (nSPS) is 12.2. The molecule has 0 aromatic heterocycles. The Bertz CT molecular complexity index is 1690. The number of hydrogen-bond acceptors (Lipinski definition) is 8. The van der Waals surface area contributed by atoms with Crippen LogP contribution in [0.4, 0.5) is 0 Å². The van der Waals surface area contributed by atoms with E-state index in [1.54, 1.807) is 28.4 Å². The number of rotatable bonds is 12. The van der Waals surface area contributed by atoms with E-state index in [1.807, 2.05) is 48.5 Å². The van der Waals surface area contributed by atoms with Crippen molar-refractivity contribution in [3.05, 3.63) is 115 Å². The molecule has 0 unspecified atom stereocenters. The number of carbonyl (C=O) groups is 4. The van der Waals surface area contributed by atoms with Gasteiger partial charge >= 0.3 is 0 Å². The topological polar surface area (TPSA) is 105 Å². The van der Waals surface area contributed by atoms with Crippen LogP contribution in [0.3, 0.4) is 0 Å². The Morgan fingerprint density at radius 3 is 0.654 bits per heavy atom. The molecule has 0 aliphatic heterocycles. The van der Waals surface area contributed by atoms with Crippen LogP contribution < -0.4 is 18.9 Å². The van der Waals surface area contributed by atoms with E-state index in [0.717, 1.165) is 44.5 Å². The van der Waals surface area contributed by atoms with Crippen LogP contribution in [0.5, 0.6) is 23.0 Å². The molecule has 0 saturated carbocycles. The standard InChI is InChI=1S/C40H36Cl4O8/c1-49-37-25-5-21(13-33(41)45)6-26(37)18-28-8-23(15-35(43)47)10-30(39(28)51-3)20-32-12-24(16-36(44)48)11-31(40(32)52-4)19-29-9-22(14-34(42)46)7-27(17-25)38(29)50-2/h5-12H,13-20H2,1-4H3. The summed E-state index contributed by atoms with van der Waals surface area (Å²) in [5, 5.41) is -2.11. The molecule has 0 N–H and O–H groups in total. The molecule has 0 saturated heterocycles. The molecule has 0 spiro atoms. The van der Waals surface area contributed by atoms with Gasteiger partial charge in [-0.15, -0.1) is 0 Å². The van der Waals surface area contributed by atoms with E-state index >= 15 is 0 Å². The second kappa shape index (κ2) is 17.2. The van der Waals surface area contributed by atoms with Gasteiger partial charge in [0.25, 0.3) is 0 Å². The molecule has 1 aliphatic rings. The van der Waals surface area contributed by atoms with Gasteiger partial charge in [0.15, 0.2) is 0 Å². The maximum atomic E-state index is 12.2. The van der Waals surface area contributed by atoms with Crippen molar-refractivity contribution in [1.82, 2.24) is 0 Å². The maximum absolute atomic E-state index is 12.2. The molecule has 5 rings (SSSR count). The third kappa shape index (κ3) is 9.28. The van der Waals surface area contributed by atoms with Gasteiger partial charge in [0, 0.05) is 51.4 Å². The molecule has 0 amide bonds. The summed E-state index contributed by atoms with van der Waals surface area (Å²) in [6.07, 6.45) is 1.03. The lowest BCUT2D eigenvalue weighted by atomic mass is 9.87. The van der Waals surface area contributed by atoms with Crippen molar-refractivity contribution in [1.29, 1.82) is 0 Å². The third-order valence-electron chi connectivity index (χ3n) is 8.92. The quantitative estimate of drug-likeness (QED) is 0.119. The van der Waals surface area contributed by atoms with Crippen molar-refractivity contribution in [2.75, 3.05) is 28.4 Å². The zero-order chi connectivity index (χ0) is 37.7. The first-order chi connectivity index (χ1) is 24.8. The number of methoxy groups -OCH3 is 4. The highest BCUT2D eigenvalue weighted by atomic mass is 35.5. The minimum Gasteiger partial charge on any atom is -0.496 e. The molecule has 0 heterocycles. The predicted octanol–water partition coefficient (Wildman–Crippen LogP) is 7.63. The van der Waals surface area contributed by atoms with Crippen LogP contribution in [-0.2, 0) is 70.5 Å². The highest BCUT2D eigenvalue weighted by Gasteiger charge is 2.24. The molecule has 4 aromatic carbocycles. The van der Waals surface area contributed by atoms with Crippen LogP contribution in [0.25, 0.3) is 0 Å². The zero-order valence-electron chi connectivity index (χ0n) is 29.1. The average Bonchev–Trinajstić information content (AvgIpc) is 3.03. The minimum atomic E-state index is -0.528. The van der Waals surface area contributed by atoms with E-state index in [0.29, 0.717) is 45.3 Å².